The van der Waals surface area contributed by atoms with Gasteiger partial charge in [0.2, 0.25) is 0 Å². The summed E-state index contributed by atoms with van der Waals surface area (Å²) in [6.07, 6.45) is 5.81. The highest BCUT2D eigenvalue weighted by molar-refractivity contribution is 5.27. The Morgan fingerprint density at radius 2 is 1.86 bits per heavy atom. The molecule has 0 saturated heterocycles. The molecule has 1 aromatic rings. The van der Waals surface area contributed by atoms with Crippen molar-refractivity contribution in [1.82, 2.24) is 10.2 Å². The zero-order chi connectivity index (χ0) is 16.2. The molecule has 0 radical (unpaired) electrons. The average molecular weight is 306 g/mol. The van der Waals surface area contributed by atoms with Gasteiger partial charge in [-0.05, 0) is 77.5 Å². The first-order chi connectivity index (χ1) is 10.6. The van der Waals surface area contributed by atoms with Crippen LogP contribution in [0.4, 0.5) is 0 Å². The van der Waals surface area contributed by atoms with Crippen molar-refractivity contribution in [2.75, 3.05) is 33.8 Å². The van der Waals surface area contributed by atoms with Gasteiger partial charge in [0.15, 0.2) is 0 Å². The van der Waals surface area contributed by atoms with E-state index in [1.54, 1.807) is 0 Å². The number of aryl methyl sites for hydroxylation is 1. The fourth-order valence-corrected chi connectivity index (χ4v) is 2.32. The zero-order valence-electron chi connectivity index (χ0n) is 14.9. The van der Waals surface area contributed by atoms with Crippen LogP contribution in [0.25, 0.3) is 0 Å². The predicted octanol–water partition coefficient (Wildman–Crippen LogP) is 3.73. The molecule has 1 rings (SSSR count). The van der Waals surface area contributed by atoms with E-state index in [9.17, 15) is 0 Å². The van der Waals surface area contributed by atoms with Gasteiger partial charge in [-0.15, -0.1) is 0 Å². The third kappa shape index (κ3) is 9.06. The van der Waals surface area contributed by atoms with Crippen molar-refractivity contribution >= 4 is 0 Å². The summed E-state index contributed by atoms with van der Waals surface area (Å²) >= 11 is 0. The van der Waals surface area contributed by atoms with E-state index in [2.05, 4.69) is 62.4 Å². The molecule has 1 aromatic carbocycles. The molecule has 1 unspecified atom stereocenters. The summed E-state index contributed by atoms with van der Waals surface area (Å²) < 4.78 is 5.70. The SMILES string of the molecule is CCCCOc1ccc(CCC(C)NCCCN(C)C)cc1. The number of hydrogen-bond acceptors (Lipinski definition) is 3. The molecule has 0 spiro atoms. The third-order valence-corrected chi connectivity index (χ3v) is 3.83. The summed E-state index contributed by atoms with van der Waals surface area (Å²) in [4.78, 5) is 2.23. The summed E-state index contributed by atoms with van der Waals surface area (Å²) in [5.41, 5.74) is 1.39. The van der Waals surface area contributed by atoms with Gasteiger partial charge in [0.25, 0.3) is 0 Å². The van der Waals surface area contributed by atoms with Gasteiger partial charge in [-0.1, -0.05) is 25.5 Å². The number of nitrogens with zero attached hydrogens (tertiary/aromatic N) is 1. The number of unbranched alkanes of at least 4 members (excludes halogenated alkanes) is 1. The quantitative estimate of drug-likeness (QED) is 0.596. The highest BCUT2D eigenvalue weighted by Crippen LogP contribution is 2.14. The number of ether oxygens (including phenoxy) is 1. The van der Waals surface area contributed by atoms with Crippen LogP contribution in [0.2, 0.25) is 0 Å². The molecule has 0 saturated carbocycles. The van der Waals surface area contributed by atoms with E-state index in [-0.39, 0.29) is 0 Å². The first-order valence-corrected chi connectivity index (χ1v) is 8.71. The van der Waals surface area contributed by atoms with Gasteiger partial charge in [0.1, 0.15) is 5.75 Å². The second-order valence-electron chi connectivity index (χ2n) is 6.40. The Balaban J connectivity index is 2.18. The molecule has 0 aliphatic carbocycles. The van der Waals surface area contributed by atoms with Crippen LogP contribution in [0.15, 0.2) is 24.3 Å². The van der Waals surface area contributed by atoms with Gasteiger partial charge < -0.3 is 15.0 Å². The second-order valence-corrected chi connectivity index (χ2v) is 6.40. The summed E-state index contributed by atoms with van der Waals surface area (Å²) in [5.74, 6) is 0.993. The van der Waals surface area contributed by atoms with E-state index in [1.165, 1.54) is 24.8 Å². The Morgan fingerprint density at radius 3 is 2.50 bits per heavy atom. The third-order valence-electron chi connectivity index (χ3n) is 3.83. The molecule has 0 heterocycles. The first-order valence-electron chi connectivity index (χ1n) is 8.71. The standard InChI is InChI=1S/C19H34N2O/c1-5-6-16-22-19-12-10-18(11-13-19)9-8-17(2)20-14-7-15-21(3)4/h10-13,17,20H,5-9,14-16H2,1-4H3. The van der Waals surface area contributed by atoms with Crippen LogP contribution in [-0.2, 0) is 6.42 Å². The minimum Gasteiger partial charge on any atom is -0.494 e. The van der Waals surface area contributed by atoms with Crippen LogP contribution in [0.1, 0.15) is 45.1 Å². The molecule has 1 N–H and O–H groups in total. The molecular weight excluding hydrogens is 272 g/mol. The van der Waals surface area contributed by atoms with Crippen molar-refractivity contribution in [3.63, 3.8) is 0 Å². The molecule has 1 atom stereocenters. The fraction of sp³-hybridized carbons (Fsp3) is 0.684. The van der Waals surface area contributed by atoms with E-state index in [1.807, 2.05) is 0 Å². The van der Waals surface area contributed by atoms with Crippen molar-refractivity contribution in [1.29, 1.82) is 0 Å². The summed E-state index contributed by atoms with van der Waals surface area (Å²) in [5, 5.41) is 3.60. The Bertz CT molecular complexity index is 376. The van der Waals surface area contributed by atoms with Crippen LogP contribution in [0.3, 0.4) is 0 Å². The van der Waals surface area contributed by atoms with Crippen LogP contribution >= 0.6 is 0 Å². The molecule has 0 aromatic heterocycles. The van der Waals surface area contributed by atoms with E-state index < -0.39 is 0 Å². The smallest absolute Gasteiger partial charge is 0.119 e. The van der Waals surface area contributed by atoms with E-state index in [4.69, 9.17) is 4.74 Å². The van der Waals surface area contributed by atoms with Gasteiger partial charge in [0.05, 0.1) is 6.61 Å². The minimum absolute atomic E-state index is 0.572. The molecule has 22 heavy (non-hydrogen) atoms. The maximum absolute atomic E-state index is 5.70. The van der Waals surface area contributed by atoms with Gasteiger partial charge >= 0.3 is 0 Å². The monoisotopic (exact) mass is 306 g/mol. The molecule has 0 aliphatic heterocycles. The van der Waals surface area contributed by atoms with Crippen molar-refractivity contribution in [3.05, 3.63) is 29.8 Å². The lowest BCUT2D eigenvalue weighted by atomic mass is 10.1. The van der Waals surface area contributed by atoms with Crippen molar-refractivity contribution in [2.24, 2.45) is 0 Å². The molecule has 3 nitrogen and oxygen atoms in total. The average Bonchev–Trinajstić information content (AvgIpc) is 2.51. The van der Waals surface area contributed by atoms with Gasteiger partial charge in [-0.2, -0.15) is 0 Å². The predicted molar refractivity (Wildman–Crippen MR) is 95.8 cm³/mol. The minimum atomic E-state index is 0.572. The van der Waals surface area contributed by atoms with Gasteiger partial charge in [-0.3, -0.25) is 0 Å². The fourth-order valence-electron chi connectivity index (χ4n) is 2.32. The van der Waals surface area contributed by atoms with Crippen LogP contribution in [0, 0.1) is 0 Å². The Labute approximate surface area is 137 Å². The zero-order valence-corrected chi connectivity index (χ0v) is 14.9. The summed E-state index contributed by atoms with van der Waals surface area (Å²) in [7, 11) is 4.25. The Morgan fingerprint density at radius 1 is 1.14 bits per heavy atom. The lowest BCUT2D eigenvalue weighted by molar-refractivity contribution is 0.309. The van der Waals surface area contributed by atoms with Crippen molar-refractivity contribution in [3.8, 4) is 5.75 Å². The molecule has 0 bridgehead atoms. The lowest BCUT2D eigenvalue weighted by Gasteiger charge is -2.15. The normalized spacial score (nSPS) is 12.6. The van der Waals surface area contributed by atoms with Gasteiger partial charge in [-0.25, -0.2) is 0 Å². The summed E-state index contributed by atoms with van der Waals surface area (Å²) in [6.45, 7) is 7.53. The number of rotatable bonds is 12. The van der Waals surface area contributed by atoms with E-state index in [0.717, 1.165) is 38.3 Å². The molecule has 3 heteroatoms. The first kappa shape index (κ1) is 19.0. The maximum atomic E-state index is 5.70. The van der Waals surface area contributed by atoms with E-state index in [0.29, 0.717) is 6.04 Å². The largest absolute Gasteiger partial charge is 0.494 e. The van der Waals surface area contributed by atoms with Crippen LogP contribution in [-0.4, -0.2) is 44.7 Å². The Hall–Kier alpha value is -1.06. The maximum Gasteiger partial charge on any atom is 0.119 e. The molecule has 0 aliphatic rings. The lowest BCUT2D eigenvalue weighted by Crippen LogP contribution is -2.29. The van der Waals surface area contributed by atoms with E-state index >= 15 is 0 Å². The highest BCUT2D eigenvalue weighted by atomic mass is 16.5. The molecular formula is C19H34N2O. The molecule has 0 amide bonds. The van der Waals surface area contributed by atoms with Crippen LogP contribution < -0.4 is 10.1 Å². The van der Waals surface area contributed by atoms with Crippen molar-refractivity contribution in [2.45, 2.75) is 52.0 Å². The second kappa shape index (κ2) is 11.5. The Kier molecular flexibility index (Phi) is 9.93. The molecule has 126 valence electrons. The number of hydrogen-bond donors (Lipinski definition) is 1. The van der Waals surface area contributed by atoms with Crippen LogP contribution in [0.5, 0.6) is 5.75 Å². The topological polar surface area (TPSA) is 24.5 Å². The molecule has 0 fully saturated rings. The highest BCUT2D eigenvalue weighted by Gasteiger charge is 2.02. The summed E-state index contributed by atoms with van der Waals surface area (Å²) in [6, 6.07) is 9.16. The van der Waals surface area contributed by atoms with Gasteiger partial charge in [0, 0.05) is 6.04 Å². The van der Waals surface area contributed by atoms with Crippen molar-refractivity contribution < 1.29 is 4.74 Å². The number of benzene rings is 1. The number of nitrogens with one attached hydrogen (secondary N) is 1.